The van der Waals surface area contributed by atoms with E-state index in [1.807, 2.05) is 27.7 Å². The number of rotatable bonds is 2. The molecular formula is C18H26N6O3. The molecule has 2 rings (SSSR count). The monoisotopic (exact) mass is 374 g/mol. The van der Waals surface area contributed by atoms with Gasteiger partial charge in [-0.15, -0.1) is 0 Å². The van der Waals surface area contributed by atoms with Gasteiger partial charge in [0.05, 0.1) is 17.6 Å². The van der Waals surface area contributed by atoms with Crippen molar-refractivity contribution >= 4 is 35.3 Å². The van der Waals surface area contributed by atoms with E-state index in [-0.39, 0.29) is 36.4 Å². The van der Waals surface area contributed by atoms with Crippen molar-refractivity contribution in [3.8, 4) is 0 Å². The Kier molecular flexibility index (Phi) is 5.82. The zero-order valence-corrected chi connectivity index (χ0v) is 16.1. The van der Waals surface area contributed by atoms with Crippen molar-refractivity contribution in [2.45, 2.75) is 33.7 Å². The van der Waals surface area contributed by atoms with Crippen molar-refractivity contribution in [2.75, 3.05) is 30.7 Å². The number of amides is 3. The molecule has 1 aliphatic heterocycles. The van der Waals surface area contributed by atoms with E-state index in [9.17, 15) is 14.4 Å². The molecule has 1 aromatic rings. The highest BCUT2D eigenvalue weighted by Gasteiger charge is 2.36. The van der Waals surface area contributed by atoms with E-state index in [0.29, 0.717) is 12.1 Å². The molecule has 1 unspecified atom stereocenters. The van der Waals surface area contributed by atoms with Crippen LogP contribution in [0.1, 0.15) is 33.3 Å². The summed E-state index contributed by atoms with van der Waals surface area (Å²) in [4.78, 5) is 44.4. The average molecular weight is 374 g/mol. The lowest BCUT2D eigenvalue weighted by molar-refractivity contribution is -0.150. The van der Waals surface area contributed by atoms with Gasteiger partial charge in [-0.05, 0) is 6.92 Å². The fraction of sp³-hybridized carbons (Fsp3) is 0.500. The SMILES string of the molecule is CC1CN(C(=O)C(=O)Nc2cncc(C=N)c2N)CCN1C(=O)C(C)(C)C. The van der Waals surface area contributed by atoms with Crippen molar-refractivity contribution in [3.63, 3.8) is 0 Å². The lowest BCUT2D eigenvalue weighted by Gasteiger charge is -2.42. The molecule has 2 heterocycles. The number of piperazine rings is 1. The Morgan fingerprint density at radius 3 is 2.52 bits per heavy atom. The van der Waals surface area contributed by atoms with E-state index in [1.165, 1.54) is 17.3 Å². The second-order valence-corrected chi connectivity index (χ2v) is 7.64. The predicted molar refractivity (Wildman–Crippen MR) is 102 cm³/mol. The zero-order valence-electron chi connectivity index (χ0n) is 16.1. The number of nitrogen functional groups attached to an aromatic ring is 1. The van der Waals surface area contributed by atoms with Crippen LogP contribution >= 0.6 is 0 Å². The van der Waals surface area contributed by atoms with Crippen molar-refractivity contribution < 1.29 is 14.4 Å². The predicted octanol–water partition coefficient (Wildman–Crippen LogP) is 0.705. The van der Waals surface area contributed by atoms with Gasteiger partial charge in [0.25, 0.3) is 0 Å². The van der Waals surface area contributed by atoms with Gasteiger partial charge < -0.3 is 26.3 Å². The van der Waals surface area contributed by atoms with Crippen LogP contribution in [0.4, 0.5) is 11.4 Å². The summed E-state index contributed by atoms with van der Waals surface area (Å²) in [6, 6.07) is -0.185. The third-order valence-electron chi connectivity index (χ3n) is 4.43. The first-order valence-electron chi connectivity index (χ1n) is 8.71. The summed E-state index contributed by atoms with van der Waals surface area (Å²) >= 11 is 0. The summed E-state index contributed by atoms with van der Waals surface area (Å²) in [6.45, 7) is 8.37. The maximum absolute atomic E-state index is 12.5. The van der Waals surface area contributed by atoms with Crippen LogP contribution in [0.3, 0.4) is 0 Å². The Morgan fingerprint density at radius 2 is 1.96 bits per heavy atom. The van der Waals surface area contributed by atoms with Crippen LogP contribution in [0, 0.1) is 10.8 Å². The lowest BCUT2D eigenvalue weighted by Crippen LogP contribution is -2.58. The molecule has 9 heteroatoms. The topological polar surface area (TPSA) is 132 Å². The highest BCUT2D eigenvalue weighted by atomic mass is 16.2. The van der Waals surface area contributed by atoms with E-state index >= 15 is 0 Å². The number of carbonyl (C=O) groups excluding carboxylic acids is 3. The van der Waals surface area contributed by atoms with Gasteiger partial charge in [0, 0.05) is 49.1 Å². The summed E-state index contributed by atoms with van der Waals surface area (Å²) < 4.78 is 0. The maximum Gasteiger partial charge on any atom is 0.314 e. The number of anilines is 2. The number of nitrogens with one attached hydrogen (secondary N) is 2. The maximum atomic E-state index is 12.5. The van der Waals surface area contributed by atoms with Gasteiger partial charge in [0.15, 0.2) is 0 Å². The number of aromatic nitrogens is 1. The van der Waals surface area contributed by atoms with E-state index in [1.54, 1.807) is 4.90 Å². The van der Waals surface area contributed by atoms with Crippen LogP contribution in [-0.2, 0) is 14.4 Å². The molecule has 9 nitrogen and oxygen atoms in total. The van der Waals surface area contributed by atoms with Gasteiger partial charge in [-0.2, -0.15) is 0 Å². The minimum Gasteiger partial charge on any atom is -0.396 e. The minimum atomic E-state index is -0.826. The fourth-order valence-electron chi connectivity index (χ4n) is 2.90. The van der Waals surface area contributed by atoms with Crippen molar-refractivity contribution in [1.82, 2.24) is 14.8 Å². The first kappa shape index (κ1) is 20.3. The molecule has 0 aliphatic carbocycles. The Hall–Kier alpha value is -2.97. The molecule has 4 N–H and O–H groups in total. The smallest absolute Gasteiger partial charge is 0.314 e. The average Bonchev–Trinajstić information content (AvgIpc) is 2.61. The molecule has 0 radical (unpaired) electrons. The molecular weight excluding hydrogens is 348 g/mol. The van der Waals surface area contributed by atoms with Gasteiger partial charge in [0.1, 0.15) is 0 Å². The molecule has 1 fully saturated rings. The van der Waals surface area contributed by atoms with Crippen LogP contribution < -0.4 is 11.1 Å². The number of nitrogens with zero attached hydrogens (tertiary/aromatic N) is 3. The van der Waals surface area contributed by atoms with Gasteiger partial charge in [-0.25, -0.2) is 0 Å². The van der Waals surface area contributed by atoms with Gasteiger partial charge in [-0.1, -0.05) is 20.8 Å². The summed E-state index contributed by atoms with van der Waals surface area (Å²) in [7, 11) is 0. The summed E-state index contributed by atoms with van der Waals surface area (Å²) in [5.41, 5.74) is 6.07. The first-order chi connectivity index (χ1) is 12.6. The number of carbonyl (C=O) groups is 3. The molecule has 1 aliphatic rings. The summed E-state index contributed by atoms with van der Waals surface area (Å²) in [6.07, 6.45) is 3.75. The third-order valence-corrected chi connectivity index (χ3v) is 4.43. The van der Waals surface area contributed by atoms with Crippen LogP contribution in [0.15, 0.2) is 12.4 Å². The second kappa shape index (κ2) is 7.73. The molecule has 0 spiro atoms. The lowest BCUT2D eigenvalue weighted by atomic mass is 9.93. The van der Waals surface area contributed by atoms with Crippen LogP contribution in [0.5, 0.6) is 0 Å². The fourth-order valence-corrected chi connectivity index (χ4v) is 2.90. The molecule has 1 atom stereocenters. The number of nitrogens with two attached hydrogens (primary N) is 1. The molecule has 1 saturated heterocycles. The molecule has 0 aromatic carbocycles. The molecule has 146 valence electrons. The number of hydrogen-bond donors (Lipinski definition) is 3. The number of hydrogen-bond acceptors (Lipinski definition) is 6. The second-order valence-electron chi connectivity index (χ2n) is 7.64. The molecule has 3 amide bonds. The van der Waals surface area contributed by atoms with E-state index < -0.39 is 17.2 Å². The van der Waals surface area contributed by atoms with Gasteiger partial charge >= 0.3 is 11.8 Å². The Labute approximate surface area is 158 Å². The summed E-state index contributed by atoms with van der Waals surface area (Å²) in [5, 5.41) is 9.72. The van der Waals surface area contributed by atoms with E-state index in [0.717, 1.165) is 6.21 Å². The van der Waals surface area contributed by atoms with Crippen LogP contribution in [-0.4, -0.2) is 64.4 Å². The van der Waals surface area contributed by atoms with Gasteiger partial charge in [-0.3, -0.25) is 19.4 Å². The molecule has 0 bridgehead atoms. The Balaban J connectivity index is 2.04. The quantitative estimate of drug-likeness (QED) is 0.518. The minimum absolute atomic E-state index is 0.0221. The van der Waals surface area contributed by atoms with Crippen molar-refractivity contribution in [1.29, 1.82) is 5.41 Å². The highest BCUT2D eigenvalue weighted by molar-refractivity contribution is 6.39. The van der Waals surface area contributed by atoms with E-state index in [4.69, 9.17) is 11.1 Å². The normalized spacial score (nSPS) is 17.4. The standard InChI is InChI=1S/C18H26N6O3/c1-11-10-23(5-6-24(11)17(27)18(2,3)4)16(26)15(25)22-13-9-21-8-12(7-19)14(13)20/h7-9,11,19H,5-6,10H2,1-4H3,(H2,20,21)(H,22,25). The molecule has 27 heavy (non-hydrogen) atoms. The Bertz CT molecular complexity index is 771. The Morgan fingerprint density at radius 1 is 1.30 bits per heavy atom. The highest BCUT2D eigenvalue weighted by Crippen LogP contribution is 2.22. The van der Waals surface area contributed by atoms with Crippen molar-refractivity contribution in [2.24, 2.45) is 5.41 Å². The first-order valence-corrected chi connectivity index (χ1v) is 8.71. The van der Waals surface area contributed by atoms with Crippen LogP contribution in [0.2, 0.25) is 0 Å². The third kappa shape index (κ3) is 4.42. The zero-order chi connectivity index (χ0) is 20.4. The molecule has 0 saturated carbocycles. The van der Waals surface area contributed by atoms with Crippen LogP contribution in [0.25, 0.3) is 0 Å². The number of pyridine rings is 1. The largest absolute Gasteiger partial charge is 0.396 e. The molecule has 1 aromatic heterocycles. The summed E-state index contributed by atoms with van der Waals surface area (Å²) in [5.74, 6) is -1.49. The van der Waals surface area contributed by atoms with Crippen molar-refractivity contribution in [3.05, 3.63) is 18.0 Å². The van der Waals surface area contributed by atoms with Gasteiger partial charge in [0.2, 0.25) is 5.91 Å². The van der Waals surface area contributed by atoms with E-state index in [2.05, 4.69) is 10.3 Å².